The summed E-state index contributed by atoms with van der Waals surface area (Å²) >= 11 is 0. The van der Waals surface area contributed by atoms with Crippen LogP contribution in [0.5, 0.6) is 11.5 Å². The Balaban J connectivity index is 1.70. The minimum absolute atomic E-state index is 0.0185. The first-order chi connectivity index (χ1) is 14.8. The van der Waals surface area contributed by atoms with Crippen molar-refractivity contribution in [1.82, 2.24) is 4.31 Å². The van der Waals surface area contributed by atoms with E-state index < -0.39 is 15.9 Å². The summed E-state index contributed by atoms with van der Waals surface area (Å²) in [5.74, 6) is 0.216. The number of ether oxygens (including phenoxy) is 2. The van der Waals surface area contributed by atoms with E-state index >= 15 is 0 Å². The van der Waals surface area contributed by atoms with Crippen LogP contribution in [0.2, 0.25) is 0 Å². The minimum atomic E-state index is -3.93. The smallest absolute Gasteiger partial charge is 0.243 e. The van der Waals surface area contributed by atoms with E-state index in [1.165, 1.54) is 39.5 Å². The molecule has 0 spiro atoms. The molecule has 1 saturated heterocycles. The van der Waals surface area contributed by atoms with Gasteiger partial charge in [0.05, 0.1) is 25.7 Å². The molecule has 1 aliphatic heterocycles. The summed E-state index contributed by atoms with van der Waals surface area (Å²) in [5, 5.41) is 2.69. The zero-order chi connectivity index (χ0) is 22.6. The maximum atomic E-state index is 12.9. The molecule has 0 aliphatic carbocycles. The van der Waals surface area contributed by atoms with Crippen molar-refractivity contribution in [2.24, 2.45) is 0 Å². The van der Waals surface area contributed by atoms with Crippen LogP contribution >= 0.6 is 0 Å². The average Bonchev–Trinajstić information content (AvgIpc) is 3.19. The normalized spacial score (nSPS) is 14.1. The summed E-state index contributed by atoms with van der Waals surface area (Å²) in [4.78, 5) is 26.1. The molecule has 0 bridgehead atoms. The number of nitrogens with one attached hydrogen (secondary N) is 1. The molecular formula is C21H25N3O6S. The van der Waals surface area contributed by atoms with E-state index in [9.17, 15) is 18.0 Å². The van der Waals surface area contributed by atoms with Gasteiger partial charge in [-0.3, -0.25) is 9.59 Å². The standard InChI is InChI=1S/C21H25N3O6S/c1-23(31(27,28)17-9-10-18(29-2)19(13-17)30-3)14-20(25)22-15-6-4-7-16(12-15)24-11-5-8-21(24)26/h4,6-7,9-10,12-13H,5,8,11,14H2,1-3H3,(H,22,25). The molecule has 2 aromatic rings. The number of hydrogen-bond donors (Lipinski definition) is 1. The van der Waals surface area contributed by atoms with Crippen LogP contribution in [0.3, 0.4) is 0 Å². The lowest BCUT2D eigenvalue weighted by Crippen LogP contribution is -2.35. The van der Waals surface area contributed by atoms with Gasteiger partial charge in [0.1, 0.15) is 0 Å². The van der Waals surface area contributed by atoms with Crippen molar-refractivity contribution < 1.29 is 27.5 Å². The molecule has 2 amide bonds. The number of carbonyl (C=O) groups excluding carboxylic acids is 2. The highest BCUT2D eigenvalue weighted by Crippen LogP contribution is 2.30. The summed E-state index contributed by atoms with van der Waals surface area (Å²) < 4.78 is 37.0. The number of rotatable bonds is 8. The van der Waals surface area contributed by atoms with Crippen molar-refractivity contribution in [3.63, 3.8) is 0 Å². The maximum absolute atomic E-state index is 12.9. The van der Waals surface area contributed by atoms with E-state index in [1.807, 2.05) is 0 Å². The van der Waals surface area contributed by atoms with Gasteiger partial charge in [-0.1, -0.05) is 6.07 Å². The second kappa shape index (κ2) is 9.36. The number of benzene rings is 2. The highest BCUT2D eigenvalue weighted by atomic mass is 32.2. The van der Waals surface area contributed by atoms with Gasteiger partial charge in [0.25, 0.3) is 0 Å². The molecule has 0 saturated carbocycles. The minimum Gasteiger partial charge on any atom is -0.493 e. The van der Waals surface area contributed by atoms with E-state index in [-0.39, 0.29) is 23.1 Å². The first-order valence-electron chi connectivity index (χ1n) is 9.65. The molecule has 2 aromatic carbocycles. The van der Waals surface area contributed by atoms with Gasteiger partial charge in [-0.15, -0.1) is 0 Å². The molecule has 3 rings (SSSR count). The second-order valence-corrected chi connectivity index (χ2v) is 9.07. The van der Waals surface area contributed by atoms with Gasteiger partial charge in [0, 0.05) is 37.5 Å². The Hall–Kier alpha value is -3.11. The van der Waals surface area contributed by atoms with Crippen molar-refractivity contribution in [2.75, 3.05) is 44.6 Å². The number of sulfonamides is 1. The number of methoxy groups -OCH3 is 2. The van der Waals surface area contributed by atoms with E-state index in [0.29, 0.717) is 30.1 Å². The van der Waals surface area contributed by atoms with Crippen molar-refractivity contribution in [2.45, 2.75) is 17.7 Å². The monoisotopic (exact) mass is 447 g/mol. The third-order valence-corrected chi connectivity index (χ3v) is 6.74. The topological polar surface area (TPSA) is 105 Å². The van der Waals surface area contributed by atoms with Crippen LogP contribution < -0.4 is 19.7 Å². The van der Waals surface area contributed by atoms with Crippen molar-refractivity contribution in [3.8, 4) is 11.5 Å². The molecule has 31 heavy (non-hydrogen) atoms. The fourth-order valence-electron chi connectivity index (χ4n) is 3.32. The average molecular weight is 448 g/mol. The summed E-state index contributed by atoms with van der Waals surface area (Å²) in [5.41, 5.74) is 1.19. The van der Waals surface area contributed by atoms with E-state index in [4.69, 9.17) is 9.47 Å². The van der Waals surface area contributed by atoms with Crippen molar-refractivity contribution in [3.05, 3.63) is 42.5 Å². The number of likely N-dealkylation sites (N-methyl/N-ethyl adjacent to an activating group) is 1. The molecular weight excluding hydrogens is 422 g/mol. The Bertz CT molecular complexity index is 1090. The zero-order valence-electron chi connectivity index (χ0n) is 17.6. The summed E-state index contributed by atoms with van der Waals surface area (Å²) in [6.07, 6.45) is 1.31. The highest BCUT2D eigenvalue weighted by Gasteiger charge is 2.25. The lowest BCUT2D eigenvalue weighted by Gasteiger charge is -2.19. The lowest BCUT2D eigenvalue weighted by molar-refractivity contribution is -0.117. The SMILES string of the molecule is COc1ccc(S(=O)(=O)N(C)CC(=O)Nc2cccc(N3CCCC3=O)c2)cc1OC. The molecule has 0 radical (unpaired) electrons. The van der Waals surface area contributed by atoms with E-state index in [2.05, 4.69) is 5.32 Å². The number of hydrogen-bond acceptors (Lipinski definition) is 6. The van der Waals surface area contributed by atoms with Crippen LogP contribution in [0, 0.1) is 0 Å². The van der Waals surface area contributed by atoms with E-state index in [0.717, 1.165) is 10.7 Å². The Kier molecular flexibility index (Phi) is 6.81. The molecule has 1 N–H and O–H groups in total. The molecule has 1 aliphatic rings. The van der Waals surface area contributed by atoms with Gasteiger partial charge in [-0.2, -0.15) is 4.31 Å². The zero-order valence-corrected chi connectivity index (χ0v) is 18.4. The van der Waals surface area contributed by atoms with Crippen LogP contribution in [0.1, 0.15) is 12.8 Å². The number of carbonyl (C=O) groups is 2. The lowest BCUT2D eigenvalue weighted by atomic mass is 10.2. The summed E-state index contributed by atoms with van der Waals surface area (Å²) in [7, 11) is 0.263. The first-order valence-corrected chi connectivity index (χ1v) is 11.1. The molecule has 1 heterocycles. The van der Waals surface area contributed by atoms with Crippen molar-refractivity contribution in [1.29, 1.82) is 0 Å². The van der Waals surface area contributed by atoms with Gasteiger partial charge in [0.15, 0.2) is 11.5 Å². The van der Waals surface area contributed by atoms with Gasteiger partial charge in [-0.25, -0.2) is 8.42 Å². The summed E-state index contributed by atoms with van der Waals surface area (Å²) in [6.45, 7) is 0.256. The maximum Gasteiger partial charge on any atom is 0.243 e. The molecule has 9 nitrogen and oxygen atoms in total. The van der Waals surface area contributed by atoms with Gasteiger partial charge < -0.3 is 19.7 Å². The molecule has 166 valence electrons. The van der Waals surface area contributed by atoms with Gasteiger partial charge in [-0.05, 0) is 36.8 Å². The van der Waals surface area contributed by atoms with Crippen LogP contribution in [-0.4, -0.2) is 58.9 Å². The fourth-order valence-corrected chi connectivity index (χ4v) is 4.46. The number of amides is 2. The number of anilines is 2. The number of nitrogens with zero attached hydrogens (tertiary/aromatic N) is 2. The Labute approximate surface area is 181 Å². The first kappa shape index (κ1) is 22.6. The molecule has 1 fully saturated rings. The van der Waals surface area contributed by atoms with Crippen LogP contribution in [0.15, 0.2) is 47.4 Å². The molecule has 0 aromatic heterocycles. The second-order valence-electron chi connectivity index (χ2n) is 7.03. The molecule has 0 atom stereocenters. The third kappa shape index (κ3) is 4.97. The Morgan fingerprint density at radius 3 is 2.52 bits per heavy atom. The van der Waals surface area contributed by atoms with Crippen LogP contribution in [-0.2, 0) is 19.6 Å². The fraction of sp³-hybridized carbons (Fsp3) is 0.333. The highest BCUT2D eigenvalue weighted by molar-refractivity contribution is 7.89. The largest absolute Gasteiger partial charge is 0.493 e. The predicted octanol–water partition coefficient (Wildman–Crippen LogP) is 2.09. The van der Waals surface area contributed by atoms with Crippen LogP contribution in [0.4, 0.5) is 11.4 Å². The van der Waals surface area contributed by atoms with Gasteiger partial charge >= 0.3 is 0 Å². The van der Waals surface area contributed by atoms with Crippen molar-refractivity contribution >= 4 is 33.2 Å². The quantitative estimate of drug-likeness (QED) is 0.664. The Morgan fingerprint density at radius 2 is 1.87 bits per heavy atom. The molecule has 0 unspecified atom stereocenters. The van der Waals surface area contributed by atoms with Crippen LogP contribution in [0.25, 0.3) is 0 Å². The molecule has 10 heteroatoms. The van der Waals surface area contributed by atoms with Gasteiger partial charge in [0.2, 0.25) is 21.8 Å². The Morgan fingerprint density at radius 1 is 1.13 bits per heavy atom. The van der Waals surface area contributed by atoms with E-state index in [1.54, 1.807) is 29.2 Å². The third-order valence-electron chi connectivity index (χ3n) is 4.94. The summed E-state index contributed by atoms with van der Waals surface area (Å²) in [6, 6.07) is 11.1. The predicted molar refractivity (Wildman–Crippen MR) is 116 cm³/mol.